The molecular weight excluding hydrogens is 378 g/mol. The van der Waals surface area contributed by atoms with E-state index in [1.165, 1.54) is 11.1 Å². The normalized spacial score (nSPS) is 18.0. The molecule has 0 spiro atoms. The van der Waals surface area contributed by atoms with E-state index < -0.39 is 0 Å². The molecular formula is C22H22ClNO4. The van der Waals surface area contributed by atoms with Gasteiger partial charge in [-0.3, -0.25) is 0 Å². The molecule has 0 saturated carbocycles. The molecule has 0 atom stereocenters. The first kappa shape index (κ1) is 17.6. The molecule has 0 amide bonds. The number of hydrogen-bond acceptors (Lipinski definition) is 5. The van der Waals surface area contributed by atoms with Crippen molar-refractivity contribution in [1.29, 1.82) is 0 Å². The van der Waals surface area contributed by atoms with Gasteiger partial charge in [-0.25, -0.2) is 0 Å². The average Bonchev–Trinajstić information content (AvgIpc) is 3.13. The van der Waals surface area contributed by atoms with Crippen LogP contribution in [0.1, 0.15) is 36.1 Å². The number of fused-ring (bicyclic) bond motifs is 5. The summed E-state index contributed by atoms with van der Waals surface area (Å²) >= 11 is 6.69. The van der Waals surface area contributed by atoms with Gasteiger partial charge in [-0.05, 0) is 44.0 Å². The number of nitrogens with zero attached hydrogens (tertiary/aromatic N) is 1. The van der Waals surface area contributed by atoms with E-state index in [4.69, 9.17) is 30.5 Å². The van der Waals surface area contributed by atoms with Crippen molar-refractivity contribution >= 4 is 23.4 Å². The number of benzene rings is 2. The zero-order valence-corrected chi connectivity index (χ0v) is 17.1. The Morgan fingerprint density at radius 1 is 1.07 bits per heavy atom. The van der Waals surface area contributed by atoms with Crippen molar-refractivity contribution in [3.63, 3.8) is 0 Å². The first-order chi connectivity index (χ1) is 13.5. The summed E-state index contributed by atoms with van der Waals surface area (Å²) in [6.07, 6.45) is 3.09. The molecule has 5 rings (SSSR count). The van der Waals surface area contributed by atoms with Crippen molar-refractivity contribution in [2.45, 2.75) is 25.8 Å². The fourth-order valence-electron chi connectivity index (χ4n) is 4.66. The summed E-state index contributed by atoms with van der Waals surface area (Å²) in [6.45, 7) is 5.57. The Morgan fingerprint density at radius 2 is 1.82 bits per heavy atom. The Morgan fingerprint density at radius 3 is 2.54 bits per heavy atom. The fourth-order valence-corrected chi connectivity index (χ4v) is 4.91. The standard InChI is InChI=1S/C22H22ClNO4/c1-22(2)20-14(15(23)10-19(25-3)21(20)26-4)8-16-13-9-18-17(27-11-28-18)7-12(13)5-6-24(16)22/h7-10H,5-6,11H2,1-4H3. The minimum absolute atomic E-state index is 0.276. The van der Waals surface area contributed by atoms with E-state index in [0.717, 1.165) is 47.0 Å². The lowest BCUT2D eigenvalue weighted by atomic mass is 9.79. The van der Waals surface area contributed by atoms with Gasteiger partial charge in [0.05, 0.1) is 24.8 Å². The highest BCUT2D eigenvalue weighted by molar-refractivity contribution is 6.32. The topological polar surface area (TPSA) is 40.2 Å². The lowest BCUT2D eigenvalue weighted by Crippen LogP contribution is -2.46. The summed E-state index contributed by atoms with van der Waals surface area (Å²) < 4.78 is 22.5. The third-order valence-corrected chi connectivity index (χ3v) is 6.31. The van der Waals surface area contributed by atoms with Gasteiger partial charge in [-0.1, -0.05) is 11.6 Å². The number of ether oxygens (including phenoxy) is 4. The Labute approximate surface area is 169 Å². The number of rotatable bonds is 2. The Balaban J connectivity index is 1.78. The summed E-state index contributed by atoms with van der Waals surface area (Å²) in [5, 5.41) is 0.653. The molecule has 0 aliphatic carbocycles. The van der Waals surface area contributed by atoms with E-state index in [2.05, 4.69) is 37.0 Å². The van der Waals surface area contributed by atoms with Crippen molar-refractivity contribution in [3.8, 4) is 23.0 Å². The molecule has 28 heavy (non-hydrogen) atoms. The van der Waals surface area contributed by atoms with Crippen LogP contribution in [0, 0.1) is 0 Å². The van der Waals surface area contributed by atoms with Gasteiger partial charge >= 0.3 is 0 Å². The highest BCUT2D eigenvalue weighted by Gasteiger charge is 2.42. The van der Waals surface area contributed by atoms with Gasteiger partial charge in [0, 0.05) is 35.0 Å². The molecule has 6 heteroatoms. The zero-order chi connectivity index (χ0) is 19.6. The molecule has 3 aliphatic rings. The summed E-state index contributed by atoms with van der Waals surface area (Å²) in [6, 6.07) is 6.02. The zero-order valence-electron chi connectivity index (χ0n) is 16.4. The molecule has 146 valence electrons. The van der Waals surface area contributed by atoms with Crippen molar-refractivity contribution in [3.05, 3.63) is 45.5 Å². The van der Waals surface area contributed by atoms with E-state index in [1.54, 1.807) is 14.2 Å². The van der Waals surface area contributed by atoms with Gasteiger partial charge in [0.25, 0.3) is 0 Å². The molecule has 5 nitrogen and oxygen atoms in total. The van der Waals surface area contributed by atoms with E-state index in [-0.39, 0.29) is 12.3 Å². The number of halogens is 1. The van der Waals surface area contributed by atoms with E-state index in [1.807, 2.05) is 6.07 Å². The number of hydrogen-bond donors (Lipinski definition) is 0. The third kappa shape index (κ3) is 2.26. The molecule has 0 radical (unpaired) electrons. The van der Waals surface area contributed by atoms with Gasteiger partial charge in [-0.2, -0.15) is 0 Å². The second kappa shape index (κ2) is 5.98. The second-order valence-electron chi connectivity index (χ2n) is 7.74. The average molecular weight is 400 g/mol. The second-order valence-corrected chi connectivity index (χ2v) is 8.14. The minimum atomic E-state index is -0.322. The first-order valence-electron chi connectivity index (χ1n) is 9.33. The smallest absolute Gasteiger partial charge is 0.231 e. The van der Waals surface area contributed by atoms with Crippen molar-refractivity contribution < 1.29 is 18.9 Å². The summed E-state index contributed by atoms with van der Waals surface area (Å²) in [5.41, 5.74) is 5.28. The maximum atomic E-state index is 6.69. The van der Waals surface area contributed by atoms with E-state index in [9.17, 15) is 0 Å². The molecule has 0 fully saturated rings. The van der Waals surface area contributed by atoms with Gasteiger partial charge < -0.3 is 23.8 Å². The maximum Gasteiger partial charge on any atom is 0.231 e. The number of methoxy groups -OCH3 is 2. The quantitative estimate of drug-likeness (QED) is 0.732. The van der Waals surface area contributed by atoms with Crippen LogP contribution >= 0.6 is 11.6 Å². The predicted molar refractivity (Wildman–Crippen MR) is 108 cm³/mol. The lowest BCUT2D eigenvalue weighted by Gasteiger charge is -2.49. The molecule has 3 heterocycles. The summed E-state index contributed by atoms with van der Waals surface area (Å²) in [5.74, 6) is 3.01. The van der Waals surface area contributed by atoms with Crippen LogP contribution in [0.3, 0.4) is 0 Å². The Hall–Kier alpha value is -2.53. The highest BCUT2D eigenvalue weighted by atomic mass is 35.5. The predicted octanol–water partition coefficient (Wildman–Crippen LogP) is 4.69. The SMILES string of the molecule is COc1cc(Cl)c2c(c1OC)C(C)(C)N1CCc3cc4c(cc3C1=C2)OCO4. The van der Waals surface area contributed by atoms with E-state index >= 15 is 0 Å². The summed E-state index contributed by atoms with van der Waals surface area (Å²) in [7, 11) is 3.31. The van der Waals surface area contributed by atoms with Gasteiger partial charge in [0.2, 0.25) is 6.79 Å². The molecule has 0 bridgehead atoms. The van der Waals surface area contributed by atoms with Crippen LogP contribution < -0.4 is 18.9 Å². The Kier molecular flexibility index (Phi) is 3.75. The maximum absolute atomic E-state index is 6.69. The highest BCUT2D eigenvalue weighted by Crippen LogP contribution is 2.53. The minimum Gasteiger partial charge on any atom is -0.493 e. The first-order valence-corrected chi connectivity index (χ1v) is 9.70. The van der Waals surface area contributed by atoms with E-state index in [0.29, 0.717) is 10.8 Å². The van der Waals surface area contributed by atoms with Gasteiger partial charge in [0.1, 0.15) is 0 Å². The van der Waals surface area contributed by atoms with Crippen LogP contribution in [-0.2, 0) is 12.0 Å². The van der Waals surface area contributed by atoms with Crippen LogP contribution in [0.25, 0.3) is 11.8 Å². The summed E-state index contributed by atoms with van der Waals surface area (Å²) in [4.78, 5) is 2.41. The van der Waals surface area contributed by atoms with Crippen molar-refractivity contribution in [1.82, 2.24) is 4.90 Å². The fraction of sp³-hybridized carbons (Fsp3) is 0.364. The van der Waals surface area contributed by atoms with Crippen LogP contribution in [-0.4, -0.2) is 32.5 Å². The third-order valence-electron chi connectivity index (χ3n) is 6.00. The van der Waals surface area contributed by atoms with Gasteiger partial charge in [0.15, 0.2) is 23.0 Å². The van der Waals surface area contributed by atoms with Gasteiger partial charge in [-0.15, -0.1) is 0 Å². The largest absolute Gasteiger partial charge is 0.493 e. The lowest BCUT2D eigenvalue weighted by molar-refractivity contribution is 0.174. The van der Waals surface area contributed by atoms with Crippen LogP contribution in [0.5, 0.6) is 23.0 Å². The molecule has 2 aromatic rings. The molecule has 0 N–H and O–H groups in total. The molecule has 0 saturated heterocycles. The monoisotopic (exact) mass is 399 g/mol. The van der Waals surface area contributed by atoms with Crippen LogP contribution in [0.2, 0.25) is 5.02 Å². The van der Waals surface area contributed by atoms with Crippen LogP contribution in [0.15, 0.2) is 18.2 Å². The molecule has 0 unspecified atom stereocenters. The van der Waals surface area contributed by atoms with Crippen molar-refractivity contribution in [2.24, 2.45) is 0 Å². The molecule has 2 aromatic carbocycles. The molecule has 3 aliphatic heterocycles. The van der Waals surface area contributed by atoms with Crippen molar-refractivity contribution in [2.75, 3.05) is 27.6 Å². The van der Waals surface area contributed by atoms with Crippen LogP contribution in [0.4, 0.5) is 0 Å². The molecule has 0 aromatic heterocycles. The Bertz CT molecular complexity index is 1030.